The second-order valence-electron chi connectivity index (χ2n) is 8.38. The minimum Gasteiger partial charge on any atom is -0.292 e. The number of para-hydroxylation sites is 1. The average molecular weight is 516 g/mol. The number of hydrogen-bond acceptors (Lipinski definition) is 6. The third kappa shape index (κ3) is 4.56. The third-order valence-corrected chi connectivity index (χ3v) is 6.68. The fourth-order valence-corrected chi connectivity index (χ4v) is 4.89. The number of nitro groups is 1. The molecule has 4 rings (SSSR count). The quantitative estimate of drug-likeness (QED) is 0.184. The topological polar surface area (TPSA) is 118 Å². The number of rotatable bonds is 6. The van der Waals surface area contributed by atoms with Gasteiger partial charge in [0.25, 0.3) is 23.4 Å². The second kappa shape index (κ2) is 9.59. The molecule has 0 N–H and O–H groups in total. The molecule has 1 saturated heterocycles. The van der Waals surface area contributed by atoms with E-state index in [9.17, 15) is 29.3 Å². The van der Waals surface area contributed by atoms with Gasteiger partial charge in [0.1, 0.15) is 12.1 Å². The van der Waals surface area contributed by atoms with Crippen LogP contribution in [0.1, 0.15) is 40.5 Å². The molecule has 1 aliphatic carbocycles. The lowest BCUT2D eigenvalue weighted by molar-refractivity contribution is -0.385. The zero-order valence-electron chi connectivity index (χ0n) is 18.4. The minimum atomic E-state index is -1.03. The number of ketones is 1. The highest BCUT2D eigenvalue weighted by molar-refractivity contribution is 6.37. The fraction of sp³-hybridized carbons (Fsp3) is 0.250. The summed E-state index contributed by atoms with van der Waals surface area (Å²) in [5.74, 6) is -4.33. The van der Waals surface area contributed by atoms with E-state index in [-0.39, 0.29) is 21.2 Å². The van der Waals surface area contributed by atoms with Gasteiger partial charge in [-0.2, -0.15) is 5.01 Å². The summed E-state index contributed by atoms with van der Waals surface area (Å²) in [6, 6.07) is 9.27. The largest absolute Gasteiger partial charge is 0.292 e. The van der Waals surface area contributed by atoms with Crippen molar-refractivity contribution < 1.29 is 24.1 Å². The van der Waals surface area contributed by atoms with Gasteiger partial charge in [0.15, 0.2) is 5.78 Å². The van der Waals surface area contributed by atoms with Gasteiger partial charge in [0.05, 0.1) is 21.8 Å². The van der Waals surface area contributed by atoms with Crippen LogP contribution in [0.4, 0.5) is 5.69 Å². The average Bonchev–Trinajstić information content (AvgIpc) is 3.06. The van der Waals surface area contributed by atoms with Crippen molar-refractivity contribution in [3.63, 3.8) is 0 Å². The number of carbonyl (C=O) groups excluding carboxylic acids is 4. The first kappa shape index (κ1) is 24.6. The Hall–Kier alpha value is -3.56. The van der Waals surface area contributed by atoms with E-state index in [4.69, 9.17) is 23.2 Å². The van der Waals surface area contributed by atoms with Crippen molar-refractivity contribution >= 4 is 52.4 Å². The molecule has 0 unspecified atom stereocenters. The molecule has 180 valence electrons. The number of nitro benzene ring substituents is 1. The van der Waals surface area contributed by atoms with Crippen molar-refractivity contribution in [1.29, 1.82) is 0 Å². The molecule has 9 nitrogen and oxygen atoms in total. The summed E-state index contributed by atoms with van der Waals surface area (Å²) in [5.41, 5.74) is 0.0751. The molecular weight excluding hydrogens is 497 g/mol. The second-order valence-corrected chi connectivity index (χ2v) is 9.22. The number of amides is 3. The van der Waals surface area contributed by atoms with Gasteiger partial charge in [-0.25, -0.2) is 5.01 Å². The number of hydrogen-bond donors (Lipinski definition) is 0. The molecule has 2 atom stereocenters. The van der Waals surface area contributed by atoms with Crippen LogP contribution in [0.25, 0.3) is 0 Å². The van der Waals surface area contributed by atoms with Gasteiger partial charge in [-0.05, 0) is 44.0 Å². The molecule has 1 fully saturated rings. The first-order valence-electron chi connectivity index (χ1n) is 10.7. The van der Waals surface area contributed by atoms with Crippen LogP contribution in [0.5, 0.6) is 0 Å². The maximum Gasteiger partial charge on any atom is 0.282 e. The molecule has 2 aliphatic rings. The number of fused-ring (bicyclic) bond motifs is 1. The van der Waals surface area contributed by atoms with Crippen LogP contribution in [0.2, 0.25) is 10.0 Å². The van der Waals surface area contributed by atoms with Gasteiger partial charge >= 0.3 is 0 Å². The third-order valence-electron chi connectivity index (χ3n) is 6.13. The molecule has 0 spiro atoms. The van der Waals surface area contributed by atoms with Gasteiger partial charge in [0.2, 0.25) is 0 Å². The number of allylic oxidation sites excluding steroid dienone is 2. The van der Waals surface area contributed by atoms with E-state index in [0.717, 1.165) is 11.6 Å². The van der Waals surface area contributed by atoms with E-state index < -0.39 is 52.5 Å². The van der Waals surface area contributed by atoms with Crippen molar-refractivity contribution in [2.45, 2.75) is 19.8 Å². The van der Waals surface area contributed by atoms with Crippen LogP contribution in [0.15, 0.2) is 54.1 Å². The Morgan fingerprint density at radius 2 is 1.77 bits per heavy atom. The molecule has 1 aliphatic heterocycles. The Morgan fingerprint density at radius 3 is 2.46 bits per heavy atom. The minimum absolute atomic E-state index is 0.0189. The van der Waals surface area contributed by atoms with E-state index in [0.29, 0.717) is 22.9 Å². The summed E-state index contributed by atoms with van der Waals surface area (Å²) in [6.07, 6.45) is 2.53. The van der Waals surface area contributed by atoms with Crippen LogP contribution < -0.4 is 0 Å². The van der Waals surface area contributed by atoms with Crippen molar-refractivity contribution in [2.24, 2.45) is 11.8 Å². The summed E-state index contributed by atoms with van der Waals surface area (Å²) in [6.45, 7) is 1.11. The predicted molar refractivity (Wildman–Crippen MR) is 127 cm³/mol. The normalized spacial score (nSPS) is 19.3. The molecule has 0 radical (unpaired) electrons. The van der Waals surface area contributed by atoms with Gasteiger partial charge in [0, 0.05) is 16.7 Å². The Morgan fingerprint density at radius 1 is 1.09 bits per heavy atom. The standard InChI is InChI=1S/C24H19Cl2N3O6/c1-13-6-8-15-18(10-13)24(33)28(23(15)32)27(12-21(30)16-9-7-14(25)11-19(16)26)22(31)17-4-2-3-5-20(17)29(34)35/h2-7,9,11,15,18H,8,10,12H2,1H3/t15-,18+/m0/s1. The van der Waals surface area contributed by atoms with E-state index in [2.05, 4.69) is 0 Å². The Balaban J connectivity index is 1.76. The van der Waals surface area contributed by atoms with E-state index in [1.165, 1.54) is 36.4 Å². The molecule has 3 amide bonds. The monoisotopic (exact) mass is 515 g/mol. The highest BCUT2D eigenvalue weighted by Crippen LogP contribution is 2.39. The summed E-state index contributed by atoms with van der Waals surface area (Å²) in [5, 5.41) is 13.2. The van der Waals surface area contributed by atoms with Crippen molar-refractivity contribution in [3.05, 3.63) is 85.4 Å². The number of Topliss-reactive ketones (excluding diaryl/α,β-unsaturated/α-hetero) is 1. The van der Waals surface area contributed by atoms with Crippen molar-refractivity contribution in [2.75, 3.05) is 6.54 Å². The van der Waals surface area contributed by atoms with Crippen molar-refractivity contribution in [1.82, 2.24) is 10.0 Å². The fourth-order valence-electron chi connectivity index (χ4n) is 4.38. The van der Waals surface area contributed by atoms with Gasteiger partial charge < -0.3 is 0 Å². The zero-order valence-corrected chi connectivity index (χ0v) is 20.0. The van der Waals surface area contributed by atoms with E-state index >= 15 is 0 Å². The van der Waals surface area contributed by atoms with Crippen molar-refractivity contribution in [3.8, 4) is 0 Å². The number of halogens is 2. The smallest absolute Gasteiger partial charge is 0.282 e. The van der Waals surface area contributed by atoms with E-state index in [1.54, 1.807) is 0 Å². The zero-order chi connectivity index (χ0) is 25.4. The van der Waals surface area contributed by atoms with Gasteiger partial charge in [-0.1, -0.05) is 47.0 Å². The Kier molecular flexibility index (Phi) is 6.73. The maximum atomic E-state index is 13.6. The Bertz CT molecular complexity index is 1310. The summed E-state index contributed by atoms with van der Waals surface area (Å²) in [4.78, 5) is 64.1. The number of benzene rings is 2. The van der Waals surface area contributed by atoms with Crippen LogP contribution >= 0.6 is 23.2 Å². The van der Waals surface area contributed by atoms with Crippen LogP contribution in [0, 0.1) is 22.0 Å². The molecule has 2 aromatic rings. The molecule has 0 saturated carbocycles. The maximum absolute atomic E-state index is 13.6. The Labute approximate surface area is 210 Å². The molecule has 0 aromatic heterocycles. The molecule has 2 aromatic carbocycles. The lowest BCUT2D eigenvalue weighted by atomic mass is 9.82. The number of hydrazine groups is 1. The highest BCUT2D eigenvalue weighted by atomic mass is 35.5. The van der Waals surface area contributed by atoms with Crippen LogP contribution in [-0.2, 0) is 9.59 Å². The lowest BCUT2D eigenvalue weighted by Gasteiger charge is -2.30. The predicted octanol–water partition coefficient (Wildman–Crippen LogP) is 4.48. The van der Waals surface area contributed by atoms with Crippen LogP contribution in [0.3, 0.4) is 0 Å². The van der Waals surface area contributed by atoms with Gasteiger partial charge in [-0.15, -0.1) is 0 Å². The summed E-state index contributed by atoms with van der Waals surface area (Å²) < 4.78 is 0. The summed E-state index contributed by atoms with van der Waals surface area (Å²) in [7, 11) is 0. The molecular formula is C24H19Cl2N3O6. The van der Waals surface area contributed by atoms with E-state index in [1.807, 2.05) is 13.0 Å². The van der Waals surface area contributed by atoms with Gasteiger partial charge in [-0.3, -0.25) is 29.3 Å². The van der Waals surface area contributed by atoms with Crippen LogP contribution in [-0.4, -0.2) is 45.0 Å². The first-order valence-corrected chi connectivity index (χ1v) is 11.4. The number of nitrogens with zero attached hydrogens (tertiary/aromatic N) is 3. The molecule has 11 heteroatoms. The number of imide groups is 1. The highest BCUT2D eigenvalue weighted by Gasteiger charge is 2.52. The molecule has 1 heterocycles. The number of carbonyl (C=O) groups is 4. The first-order chi connectivity index (χ1) is 16.6. The SMILES string of the molecule is CC1=CC[C@@H]2C(=O)N(N(CC(=O)c3ccc(Cl)cc3Cl)C(=O)c3ccccc3[N+](=O)[O-])C(=O)[C@@H]2C1. The lowest BCUT2D eigenvalue weighted by Crippen LogP contribution is -2.52. The molecule has 35 heavy (non-hydrogen) atoms. The summed E-state index contributed by atoms with van der Waals surface area (Å²) >= 11 is 12.1. The molecule has 0 bridgehead atoms.